The summed E-state index contributed by atoms with van der Waals surface area (Å²) in [6.45, 7) is 0.634. The molecule has 1 fully saturated rings. The maximum atomic E-state index is 12.8. The molecule has 0 saturated carbocycles. The average Bonchev–Trinajstić information content (AvgIpc) is 3.02. The molecular formula is C24H18ClNO3S. The SMILES string of the molecule is O=C1S/C(=C\c2ccccc2OCc2ccc(Cl)cc2)C(=O)N1Cc1ccccc1. The number of rotatable bonds is 6. The number of ether oxygens (including phenoxy) is 1. The number of benzene rings is 3. The Morgan fingerprint density at radius 3 is 2.33 bits per heavy atom. The highest BCUT2D eigenvalue weighted by molar-refractivity contribution is 8.18. The minimum Gasteiger partial charge on any atom is -0.488 e. The summed E-state index contributed by atoms with van der Waals surface area (Å²) in [4.78, 5) is 26.9. The van der Waals surface area contributed by atoms with Crippen molar-refractivity contribution >= 4 is 40.6 Å². The number of imide groups is 1. The standard InChI is InChI=1S/C24H18ClNO3S/c25-20-12-10-18(11-13-20)16-29-21-9-5-4-8-19(21)14-22-23(27)26(24(28)30-22)15-17-6-2-1-3-7-17/h1-14H,15-16H2/b22-14-. The van der Waals surface area contributed by atoms with Crippen LogP contribution in [0.2, 0.25) is 5.02 Å². The smallest absolute Gasteiger partial charge is 0.293 e. The molecule has 4 nitrogen and oxygen atoms in total. The van der Waals surface area contributed by atoms with Gasteiger partial charge in [0.2, 0.25) is 0 Å². The molecule has 1 aliphatic rings. The zero-order valence-corrected chi connectivity index (χ0v) is 17.5. The lowest BCUT2D eigenvalue weighted by Gasteiger charge is -2.12. The minimum absolute atomic E-state index is 0.261. The molecule has 0 spiro atoms. The molecule has 1 heterocycles. The van der Waals surface area contributed by atoms with E-state index in [9.17, 15) is 9.59 Å². The largest absolute Gasteiger partial charge is 0.488 e. The maximum Gasteiger partial charge on any atom is 0.293 e. The Labute approximate surface area is 184 Å². The Bertz CT molecular complexity index is 1100. The van der Waals surface area contributed by atoms with E-state index >= 15 is 0 Å². The summed E-state index contributed by atoms with van der Waals surface area (Å²) >= 11 is 6.87. The maximum absolute atomic E-state index is 12.8. The highest BCUT2D eigenvalue weighted by Crippen LogP contribution is 2.35. The predicted octanol–water partition coefficient (Wildman–Crippen LogP) is 6.16. The highest BCUT2D eigenvalue weighted by Gasteiger charge is 2.35. The number of carbonyl (C=O) groups is 2. The molecule has 1 saturated heterocycles. The van der Waals surface area contributed by atoms with Crippen molar-refractivity contribution in [2.24, 2.45) is 0 Å². The number of hydrogen-bond donors (Lipinski definition) is 0. The molecule has 0 N–H and O–H groups in total. The van der Waals surface area contributed by atoms with Crippen molar-refractivity contribution in [1.82, 2.24) is 4.90 Å². The van der Waals surface area contributed by atoms with Crippen molar-refractivity contribution in [2.45, 2.75) is 13.2 Å². The Hall–Kier alpha value is -3.02. The molecule has 0 aliphatic carbocycles. The zero-order chi connectivity index (χ0) is 20.9. The molecule has 0 bridgehead atoms. The van der Waals surface area contributed by atoms with E-state index < -0.39 is 0 Å². The molecule has 0 aromatic heterocycles. The lowest BCUT2D eigenvalue weighted by atomic mass is 10.1. The van der Waals surface area contributed by atoms with E-state index in [1.165, 1.54) is 4.90 Å². The normalized spacial score (nSPS) is 15.1. The first-order chi connectivity index (χ1) is 14.6. The molecule has 6 heteroatoms. The Kier molecular flexibility index (Phi) is 6.21. The van der Waals surface area contributed by atoms with Crippen LogP contribution in [0.5, 0.6) is 5.75 Å². The monoisotopic (exact) mass is 435 g/mol. The zero-order valence-electron chi connectivity index (χ0n) is 16.0. The fraction of sp³-hybridized carbons (Fsp3) is 0.0833. The second-order valence-electron chi connectivity index (χ2n) is 6.71. The number of para-hydroxylation sites is 1. The van der Waals surface area contributed by atoms with Gasteiger partial charge in [-0.3, -0.25) is 14.5 Å². The van der Waals surface area contributed by atoms with Gasteiger partial charge in [-0.25, -0.2) is 0 Å². The van der Waals surface area contributed by atoms with Gasteiger partial charge in [-0.15, -0.1) is 0 Å². The fourth-order valence-electron chi connectivity index (χ4n) is 3.02. The van der Waals surface area contributed by atoms with Gasteiger partial charge in [0.05, 0.1) is 11.4 Å². The average molecular weight is 436 g/mol. The van der Waals surface area contributed by atoms with Crippen LogP contribution in [-0.4, -0.2) is 16.0 Å². The number of halogens is 1. The van der Waals surface area contributed by atoms with Crippen LogP contribution in [-0.2, 0) is 17.9 Å². The van der Waals surface area contributed by atoms with Gasteiger partial charge in [-0.05, 0) is 47.2 Å². The number of amides is 2. The van der Waals surface area contributed by atoms with Crippen molar-refractivity contribution in [3.8, 4) is 5.75 Å². The lowest BCUT2D eigenvalue weighted by Crippen LogP contribution is -2.27. The summed E-state index contributed by atoms with van der Waals surface area (Å²) in [5.41, 5.74) is 2.64. The van der Waals surface area contributed by atoms with Crippen molar-refractivity contribution < 1.29 is 14.3 Å². The quantitative estimate of drug-likeness (QED) is 0.435. The first-order valence-electron chi connectivity index (χ1n) is 9.36. The van der Waals surface area contributed by atoms with E-state index in [0.717, 1.165) is 28.5 Å². The molecule has 150 valence electrons. The van der Waals surface area contributed by atoms with Gasteiger partial charge in [0.25, 0.3) is 11.1 Å². The molecule has 1 aliphatic heterocycles. The van der Waals surface area contributed by atoms with Gasteiger partial charge in [0, 0.05) is 10.6 Å². The second-order valence-corrected chi connectivity index (χ2v) is 8.14. The predicted molar refractivity (Wildman–Crippen MR) is 120 cm³/mol. The van der Waals surface area contributed by atoms with Gasteiger partial charge in [0.15, 0.2) is 0 Å². The van der Waals surface area contributed by atoms with E-state index in [-0.39, 0.29) is 17.7 Å². The number of nitrogens with zero attached hydrogens (tertiary/aromatic N) is 1. The Balaban J connectivity index is 1.51. The minimum atomic E-state index is -0.290. The molecule has 4 rings (SSSR count). The summed E-state index contributed by atoms with van der Waals surface area (Å²) in [6, 6.07) is 24.3. The molecule has 3 aromatic rings. The van der Waals surface area contributed by atoms with Crippen molar-refractivity contribution in [3.05, 3.63) is 105 Å². The molecule has 3 aromatic carbocycles. The van der Waals surface area contributed by atoms with Crippen molar-refractivity contribution in [3.63, 3.8) is 0 Å². The van der Waals surface area contributed by atoms with Crippen molar-refractivity contribution in [1.29, 1.82) is 0 Å². The van der Waals surface area contributed by atoms with Crippen LogP contribution < -0.4 is 4.74 Å². The third-order valence-electron chi connectivity index (χ3n) is 4.57. The third kappa shape index (κ3) is 4.75. The van der Waals surface area contributed by atoms with Crippen LogP contribution in [0.3, 0.4) is 0 Å². The summed E-state index contributed by atoms with van der Waals surface area (Å²) in [6.07, 6.45) is 1.72. The first kappa shape index (κ1) is 20.3. The van der Waals surface area contributed by atoms with E-state index in [4.69, 9.17) is 16.3 Å². The topological polar surface area (TPSA) is 46.6 Å². The summed E-state index contributed by atoms with van der Waals surface area (Å²) in [5.74, 6) is 0.351. The second kappa shape index (κ2) is 9.20. The molecule has 0 atom stereocenters. The summed E-state index contributed by atoms with van der Waals surface area (Å²) in [7, 11) is 0. The fourth-order valence-corrected chi connectivity index (χ4v) is 3.97. The molecule has 0 radical (unpaired) electrons. The van der Waals surface area contributed by atoms with Gasteiger partial charge < -0.3 is 4.74 Å². The highest BCUT2D eigenvalue weighted by atomic mass is 35.5. The Morgan fingerprint density at radius 1 is 0.867 bits per heavy atom. The lowest BCUT2D eigenvalue weighted by molar-refractivity contribution is -0.123. The van der Waals surface area contributed by atoms with Crippen molar-refractivity contribution in [2.75, 3.05) is 0 Å². The van der Waals surface area contributed by atoms with Gasteiger partial charge in [0.1, 0.15) is 12.4 Å². The number of carbonyl (C=O) groups excluding carboxylic acids is 2. The Morgan fingerprint density at radius 2 is 1.57 bits per heavy atom. The summed E-state index contributed by atoms with van der Waals surface area (Å²) in [5, 5.41) is 0.403. The third-order valence-corrected chi connectivity index (χ3v) is 5.73. The van der Waals surface area contributed by atoms with Gasteiger partial charge in [-0.2, -0.15) is 0 Å². The van der Waals surface area contributed by atoms with E-state index in [2.05, 4.69) is 0 Å². The van der Waals surface area contributed by atoms with Gasteiger partial charge >= 0.3 is 0 Å². The van der Waals surface area contributed by atoms with Gasteiger partial charge in [-0.1, -0.05) is 72.3 Å². The first-order valence-corrected chi connectivity index (χ1v) is 10.6. The van der Waals surface area contributed by atoms with Crippen LogP contribution >= 0.6 is 23.4 Å². The van der Waals surface area contributed by atoms with Crippen LogP contribution in [0.25, 0.3) is 6.08 Å². The molecule has 0 unspecified atom stereocenters. The van der Waals surface area contributed by atoms with E-state index in [1.807, 2.05) is 78.9 Å². The molecule has 30 heavy (non-hydrogen) atoms. The summed E-state index contributed by atoms with van der Waals surface area (Å²) < 4.78 is 5.95. The number of hydrogen-bond acceptors (Lipinski definition) is 4. The van der Waals surface area contributed by atoms with E-state index in [1.54, 1.807) is 6.08 Å². The van der Waals surface area contributed by atoms with Crippen LogP contribution in [0, 0.1) is 0 Å². The van der Waals surface area contributed by atoms with E-state index in [0.29, 0.717) is 22.3 Å². The molecule has 2 amide bonds. The van der Waals surface area contributed by atoms with Crippen LogP contribution in [0.4, 0.5) is 4.79 Å². The molecular weight excluding hydrogens is 418 g/mol. The van der Waals surface area contributed by atoms with Crippen LogP contribution in [0.15, 0.2) is 83.8 Å². The van der Waals surface area contributed by atoms with Crippen LogP contribution in [0.1, 0.15) is 16.7 Å². The number of thioether (sulfide) groups is 1.